The van der Waals surface area contributed by atoms with Crippen molar-refractivity contribution >= 4 is 27.6 Å². The summed E-state index contributed by atoms with van der Waals surface area (Å²) in [6, 6.07) is 23.1. The molecule has 0 amide bonds. The lowest BCUT2D eigenvalue weighted by Gasteiger charge is -2.11. The highest BCUT2D eigenvalue weighted by atomic mass is 16.3. The Bertz CT molecular complexity index is 951. The van der Waals surface area contributed by atoms with Gasteiger partial charge in [0, 0.05) is 24.9 Å². The van der Waals surface area contributed by atoms with Crippen molar-refractivity contribution in [1.82, 2.24) is 0 Å². The van der Waals surface area contributed by atoms with Crippen molar-refractivity contribution in [2.45, 2.75) is 0 Å². The van der Waals surface area contributed by atoms with Crippen LogP contribution in [-0.4, -0.2) is 14.1 Å². The van der Waals surface area contributed by atoms with Crippen molar-refractivity contribution in [3.8, 4) is 11.1 Å². The van der Waals surface area contributed by atoms with E-state index in [9.17, 15) is 0 Å². The number of nitrogens with zero attached hydrogens (tertiary/aromatic N) is 1. The SMILES string of the molecule is CN(C)c1cccc2c1oc1ccc(-c3ccccc3)cc12. The molecule has 4 aromatic rings. The highest BCUT2D eigenvalue weighted by molar-refractivity contribution is 6.09. The average Bonchev–Trinajstić information content (AvgIpc) is 2.93. The van der Waals surface area contributed by atoms with Crippen LogP contribution in [0.5, 0.6) is 0 Å². The van der Waals surface area contributed by atoms with E-state index in [1.165, 1.54) is 21.9 Å². The van der Waals surface area contributed by atoms with E-state index in [-0.39, 0.29) is 0 Å². The smallest absolute Gasteiger partial charge is 0.158 e. The minimum atomic E-state index is 0.934. The van der Waals surface area contributed by atoms with E-state index >= 15 is 0 Å². The molecule has 0 radical (unpaired) electrons. The summed E-state index contributed by atoms with van der Waals surface area (Å²) in [5, 5.41) is 2.33. The highest BCUT2D eigenvalue weighted by Gasteiger charge is 2.12. The second-order valence-electron chi connectivity index (χ2n) is 5.73. The molecule has 22 heavy (non-hydrogen) atoms. The maximum atomic E-state index is 6.09. The van der Waals surface area contributed by atoms with Gasteiger partial charge in [-0.2, -0.15) is 0 Å². The Balaban J connectivity index is 2.00. The largest absolute Gasteiger partial charge is 0.454 e. The number of para-hydroxylation sites is 1. The molecule has 0 fully saturated rings. The van der Waals surface area contributed by atoms with Crippen LogP contribution < -0.4 is 4.90 Å². The minimum absolute atomic E-state index is 0.934. The topological polar surface area (TPSA) is 16.4 Å². The summed E-state index contributed by atoms with van der Waals surface area (Å²) in [4.78, 5) is 2.09. The summed E-state index contributed by atoms with van der Waals surface area (Å²) >= 11 is 0. The molecule has 0 aliphatic rings. The Morgan fingerprint density at radius 1 is 0.727 bits per heavy atom. The molecule has 0 aliphatic heterocycles. The molecule has 0 N–H and O–H groups in total. The number of anilines is 1. The zero-order valence-corrected chi connectivity index (χ0v) is 12.7. The molecule has 0 spiro atoms. The van der Waals surface area contributed by atoms with Crippen LogP contribution >= 0.6 is 0 Å². The number of fused-ring (bicyclic) bond motifs is 3. The van der Waals surface area contributed by atoms with Gasteiger partial charge in [0.05, 0.1) is 5.69 Å². The van der Waals surface area contributed by atoms with E-state index in [2.05, 4.69) is 65.6 Å². The van der Waals surface area contributed by atoms with Crippen molar-refractivity contribution < 1.29 is 4.42 Å². The molecule has 2 nitrogen and oxygen atoms in total. The van der Waals surface area contributed by atoms with E-state index in [0.29, 0.717) is 0 Å². The third-order valence-electron chi connectivity index (χ3n) is 4.06. The first-order valence-electron chi connectivity index (χ1n) is 7.42. The number of rotatable bonds is 2. The molecule has 0 aliphatic carbocycles. The summed E-state index contributed by atoms with van der Waals surface area (Å²) < 4.78 is 6.09. The first-order chi connectivity index (χ1) is 10.7. The predicted molar refractivity (Wildman–Crippen MR) is 93.5 cm³/mol. The lowest BCUT2D eigenvalue weighted by atomic mass is 10.0. The van der Waals surface area contributed by atoms with Crippen molar-refractivity contribution in [3.05, 3.63) is 66.7 Å². The van der Waals surface area contributed by atoms with Gasteiger partial charge in [0.1, 0.15) is 5.58 Å². The van der Waals surface area contributed by atoms with Crippen LogP contribution in [0.1, 0.15) is 0 Å². The van der Waals surface area contributed by atoms with Crippen LogP contribution in [0.3, 0.4) is 0 Å². The molecule has 1 heterocycles. The predicted octanol–water partition coefficient (Wildman–Crippen LogP) is 5.32. The Kier molecular flexibility index (Phi) is 2.90. The molecule has 3 aromatic carbocycles. The number of furan rings is 1. The van der Waals surface area contributed by atoms with Gasteiger partial charge in [0.2, 0.25) is 0 Å². The standard InChI is InChI=1S/C20H17NO/c1-21(2)18-10-6-9-16-17-13-15(14-7-4-3-5-8-14)11-12-19(17)22-20(16)18/h3-13H,1-2H3. The third kappa shape index (κ3) is 1.96. The van der Waals surface area contributed by atoms with Gasteiger partial charge in [-0.15, -0.1) is 0 Å². The summed E-state index contributed by atoms with van der Waals surface area (Å²) in [6.45, 7) is 0. The maximum absolute atomic E-state index is 6.09. The van der Waals surface area contributed by atoms with Gasteiger partial charge in [-0.1, -0.05) is 48.5 Å². The average molecular weight is 287 g/mol. The van der Waals surface area contributed by atoms with E-state index in [1.54, 1.807) is 0 Å². The quantitative estimate of drug-likeness (QED) is 0.496. The fraction of sp³-hybridized carbons (Fsp3) is 0.100. The Labute approximate surface area is 129 Å². The van der Waals surface area contributed by atoms with Crippen molar-refractivity contribution in [2.75, 3.05) is 19.0 Å². The second kappa shape index (κ2) is 4.92. The zero-order chi connectivity index (χ0) is 15.1. The minimum Gasteiger partial charge on any atom is -0.454 e. The molecule has 0 unspecified atom stereocenters. The van der Waals surface area contributed by atoms with Crippen LogP contribution in [0.4, 0.5) is 5.69 Å². The van der Waals surface area contributed by atoms with E-state index < -0.39 is 0 Å². The van der Waals surface area contributed by atoms with Gasteiger partial charge in [-0.05, 0) is 29.3 Å². The summed E-state index contributed by atoms with van der Waals surface area (Å²) in [6.07, 6.45) is 0. The lowest BCUT2D eigenvalue weighted by molar-refractivity contribution is 0.668. The van der Waals surface area contributed by atoms with Gasteiger partial charge >= 0.3 is 0 Å². The van der Waals surface area contributed by atoms with Gasteiger partial charge in [0.25, 0.3) is 0 Å². The number of benzene rings is 3. The van der Waals surface area contributed by atoms with Crippen LogP contribution in [0.2, 0.25) is 0 Å². The zero-order valence-electron chi connectivity index (χ0n) is 12.7. The fourth-order valence-corrected chi connectivity index (χ4v) is 2.95. The highest BCUT2D eigenvalue weighted by Crippen LogP contribution is 2.36. The van der Waals surface area contributed by atoms with Gasteiger partial charge in [-0.25, -0.2) is 0 Å². The van der Waals surface area contributed by atoms with E-state index in [0.717, 1.165) is 16.9 Å². The Morgan fingerprint density at radius 3 is 2.32 bits per heavy atom. The molecule has 0 atom stereocenters. The number of hydrogen-bond donors (Lipinski definition) is 0. The van der Waals surface area contributed by atoms with E-state index in [4.69, 9.17) is 4.42 Å². The molecular formula is C20H17NO. The molecule has 0 saturated carbocycles. The first-order valence-corrected chi connectivity index (χ1v) is 7.42. The van der Waals surface area contributed by atoms with Gasteiger partial charge in [-0.3, -0.25) is 0 Å². The van der Waals surface area contributed by atoms with E-state index in [1.807, 2.05) is 20.2 Å². The fourth-order valence-electron chi connectivity index (χ4n) is 2.95. The summed E-state index contributed by atoms with van der Waals surface area (Å²) in [7, 11) is 4.08. The monoisotopic (exact) mass is 287 g/mol. The van der Waals surface area contributed by atoms with Crippen molar-refractivity contribution in [3.63, 3.8) is 0 Å². The maximum Gasteiger partial charge on any atom is 0.158 e. The number of hydrogen-bond acceptors (Lipinski definition) is 2. The van der Waals surface area contributed by atoms with Gasteiger partial charge in [0.15, 0.2) is 5.58 Å². The Morgan fingerprint density at radius 2 is 1.55 bits per heavy atom. The van der Waals surface area contributed by atoms with Crippen LogP contribution in [0, 0.1) is 0 Å². The molecule has 4 rings (SSSR count). The van der Waals surface area contributed by atoms with Crippen LogP contribution in [0.25, 0.3) is 33.1 Å². The summed E-state index contributed by atoms with van der Waals surface area (Å²) in [5.74, 6) is 0. The first kappa shape index (κ1) is 13.0. The molecule has 0 bridgehead atoms. The molecule has 108 valence electrons. The molecule has 0 saturated heterocycles. The van der Waals surface area contributed by atoms with Crippen LogP contribution in [-0.2, 0) is 0 Å². The molecule has 2 heteroatoms. The molecule has 1 aromatic heterocycles. The van der Waals surface area contributed by atoms with Gasteiger partial charge < -0.3 is 9.32 Å². The third-order valence-corrected chi connectivity index (χ3v) is 4.06. The summed E-state index contributed by atoms with van der Waals surface area (Å²) in [5.41, 5.74) is 5.43. The second-order valence-corrected chi connectivity index (χ2v) is 5.73. The van der Waals surface area contributed by atoms with Crippen LogP contribution in [0.15, 0.2) is 71.1 Å². The molecular weight excluding hydrogens is 270 g/mol. The lowest BCUT2D eigenvalue weighted by Crippen LogP contribution is -2.08. The van der Waals surface area contributed by atoms with Crippen molar-refractivity contribution in [2.24, 2.45) is 0 Å². The van der Waals surface area contributed by atoms with Crippen molar-refractivity contribution in [1.29, 1.82) is 0 Å². The Hall–Kier alpha value is -2.74. The normalized spacial score (nSPS) is 11.2.